The van der Waals surface area contributed by atoms with Crippen LogP contribution in [-0.2, 0) is 6.54 Å². The number of anilines is 1. The van der Waals surface area contributed by atoms with E-state index in [1.807, 2.05) is 42.7 Å². The van der Waals surface area contributed by atoms with Gasteiger partial charge in [-0.2, -0.15) is 0 Å². The maximum absolute atomic E-state index is 13.2. The molecule has 0 bridgehead atoms. The first-order valence-corrected chi connectivity index (χ1v) is 9.80. The van der Waals surface area contributed by atoms with Crippen LogP contribution in [0.5, 0.6) is 0 Å². The minimum atomic E-state index is -0.204. The highest BCUT2D eigenvalue weighted by Crippen LogP contribution is 2.21. The summed E-state index contributed by atoms with van der Waals surface area (Å²) in [6.45, 7) is 6.07. The number of guanidine groups is 1. The van der Waals surface area contributed by atoms with Gasteiger partial charge in [-0.3, -0.25) is 0 Å². The summed E-state index contributed by atoms with van der Waals surface area (Å²) in [6.07, 6.45) is 1.87. The summed E-state index contributed by atoms with van der Waals surface area (Å²) in [5.74, 6) is 0.586. The van der Waals surface area contributed by atoms with Crippen LogP contribution in [0.1, 0.15) is 12.5 Å². The average Bonchev–Trinajstić information content (AvgIpc) is 2.71. The number of hydrogen-bond donors (Lipinski definition) is 0. The van der Waals surface area contributed by atoms with Crippen molar-refractivity contribution in [3.8, 4) is 0 Å². The molecule has 4 rings (SSSR count). The largest absolute Gasteiger partial charge is 0.368 e. The molecule has 0 saturated carbocycles. The van der Waals surface area contributed by atoms with Crippen molar-refractivity contribution < 1.29 is 4.39 Å². The topological polar surface area (TPSA) is 34.4 Å². The van der Waals surface area contributed by atoms with Crippen LogP contribution >= 0.6 is 11.6 Å². The first-order valence-electron chi connectivity index (χ1n) is 9.43. The summed E-state index contributed by atoms with van der Waals surface area (Å²) in [7, 11) is 0. The van der Waals surface area contributed by atoms with Crippen LogP contribution in [0.15, 0.2) is 58.5 Å². The molecular formula is C21H23ClFN5. The lowest BCUT2D eigenvalue weighted by molar-refractivity contribution is 0.290. The molecule has 5 nitrogen and oxygen atoms in total. The van der Waals surface area contributed by atoms with Crippen LogP contribution in [-0.4, -0.2) is 54.4 Å². The molecule has 2 aromatic carbocycles. The van der Waals surface area contributed by atoms with Crippen molar-refractivity contribution in [2.75, 3.05) is 31.2 Å². The molecule has 7 heteroatoms. The number of piperazine rings is 1. The van der Waals surface area contributed by atoms with E-state index in [9.17, 15) is 4.39 Å². The molecule has 2 aliphatic heterocycles. The second-order valence-electron chi connectivity index (χ2n) is 7.18. The Balaban J connectivity index is 1.34. The maximum Gasteiger partial charge on any atom is 0.224 e. The van der Waals surface area contributed by atoms with Crippen LogP contribution in [0.2, 0.25) is 5.02 Å². The Morgan fingerprint density at radius 2 is 1.82 bits per heavy atom. The lowest BCUT2D eigenvalue weighted by atomic mass is 10.1. The first kappa shape index (κ1) is 18.7. The Labute approximate surface area is 169 Å². The third-order valence-corrected chi connectivity index (χ3v) is 5.36. The molecule has 2 aliphatic rings. The standard InChI is InChI=1S/C21H23ClFN5/c1-16-12-27(20-8-6-19(23)7-9-20)10-11-28(16)21-24-14-26(15-25-21)13-17-2-4-18(22)5-3-17/h2-9,14,16H,10-13,15H2,1H3/t16-/m1/s1. The lowest BCUT2D eigenvalue weighted by Crippen LogP contribution is -2.54. The predicted octanol–water partition coefficient (Wildman–Crippen LogP) is 3.85. The summed E-state index contributed by atoms with van der Waals surface area (Å²) < 4.78 is 13.2. The average molecular weight is 400 g/mol. The highest BCUT2D eigenvalue weighted by atomic mass is 35.5. The molecule has 2 aromatic rings. The minimum Gasteiger partial charge on any atom is -0.368 e. The molecule has 0 aliphatic carbocycles. The highest BCUT2D eigenvalue weighted by Gasteiger charge is 2.27. The molecule has 0 N–H and O–H groups in total. The van der Waals surface area contributed by atoms with E-state index in [4.69, 9.17) is 11.6 Å². The van der Waals surface area contributed by atoms with Gasteiger partial charge in [0, 0.05) is 42.9 Å². The number of halogens is 2. The fourth-order valence-electron chi connectivity index (χ4n) is 3.59. The van der Waals surface area contributed by atoms with Crippen molar-refractivity contribution in [3.05, 3.63) is 64.9 Å². The molecule has 0 aromatic heterocycles. The van der Waals surface area contributed by atoms with Crippen molar-refractivity contribution in [2.45, 2.75) is 19.5 Å². The van der Waals surface area contributed by atoms with Crippen LogP contribution in [0.25, 0.3) is 0 Å². The van der Waals surface area contributed by atoms with E-state index in [1.165, 1.54) is 17.7 Å². The zero-order valence-corrected chi connectivity index (χ0v) is 16.6. The first-order chi connectivity index (χ1) is 13.6. The van der Waals surface area contributed by atoms with Crippen LogP contribution in [0.3, 0.4) is 0 Å². The Bertz CT molecular complexity index is 865. The Kier molecular flexibility index (Phi) is 5.48. The zero-order chi connectivity index (χ0) is 19.5. The summed E-state index contributed by atoms with van der Waals surface area (Å²) in [5, 5.41) is 0.741. The van der Waals surface area contributed by atoms with Crippen LogP contribution < -0.4 is 4.90 Å². The predicted molar refractivity (Wildman–Crippen MR) is 113 cm³/mol. The highest BCUT2D eigenvalue weighted by molar-refractivity contribution is 6.30. The van der Waals surface area contributed by atoms with Gasteiger partial charge in [0.15, 0.2) is 0 Å². The van der Waals surface area contributed by atoms with Crippen LogP contribution in [0, 0.1) is 5.82 Å². The van der Waals surface area contributed by atoms with Crippen molar-refractivity contribution >= 4 is 29.6 Å². The molecule has 0 unspecified atom stereocenters. The molecule has 28 heavy (non-hydrogen) atoms. The SMILES string of the molecule is C[C@@H]1CN(c2ccc(F)cc2)CCN1C1=NCN(Cc2ccc(Cl)cc2)C=N1. The molecule has 1 atom stereocenters. The van der Waals surface area contributed by atoms with E-state index in [0.717, 1.165) is 42.8 Å². The monoisotopic (exact) mass is 399 g/mol. The molecule has 146 valence electrons. The fraction of sp³-hybridized carbons (Fsp3) is 0.333. The Morgan fingerprint density at radius 1 is 1.07 bits per heavy atom. The van der Waals surface area contributed by atoms with Gasteiger partial charge in [0.2, 0.25) is 5.96 Å². The van der Waals surface area contributed by atoms with E-state index in [2.05, 4.69) is 31.6 Å². The Morgan fingerprint density at radius 3 is 2.46 bits per heavy atom. The van der Waals surface area contributed by atoms with Gasteiger partial charge >= 0.3 is 0 Å². The summed E-state index contributed by atoms with van der Waals surface area (Å²) in [6, 6.07) is 14.8. The number of nitrogens with zero attached hydrogens (tertiary/aromatic N) is 5. The van der Waals surface area contributed by atoms with Gasteiger partial charge in [-0.1, -0.05) is 23.7 Å². The number of benzene rings is 2. The maximum atomic E-state index is 13.2. The summed E-state index contributed by atoms with van der Waals surface area (Å²) >= 11 is 5.94. The van der Waals surface area contributed by atoms with Crippen LogP contribution in [0.4, 0.5) is 10.1 Å². The second kappa shape index (κ2) is 8.19. The molecule has 1 saturated heterocycles. The van der Waals surface area contributed by atoms with Gasteiger partial charge in [-0.05, 0) is 48.9 Å². The smallest absolute Gasteiger partial charge is 0.224 e. The van der Waals surface area contributed by atoms with Gasteiger partial charge in [0.05, 0.1) is 6.34 Å². The van der Waals surface area contributed by atoms with E-state index in [1.54, 1.807) is 0 Å². The van der Waals surface area contributed by atoms with E-state index in [-0.39, 0.29) is 11.9 Å². The van der Waals surface area contributed by atoms with Gasteiger partial charge < -0.3 is 14.7 Å². The Hall–Kier alpha value is -2.60. The van der Waals surface area contributed by atoms with Gasteiger partial charge in [0.25, 0.3) is 0 Å². The molecule has 1 fully saturated rings. The third kappa shape index (κ3) is 4.28. The molecule has 0 spiro atoms. The number of rotatable bonds is 3. The number of hydrogen-bond acceptors (Lipinski definition) is 5. The molecular weight excluding hydrogens is 377 g/mol. The summed E-state index contributed by atoms with van der Waals surface area (Å²) in [5.41, 5.74) is 2.23. The second-order valence-corrected chi connectivity index (χ2v) is 7.62. The minimum absolute atomic E-state index is 0.204. The van der Waals surface area contributed by atoms with Crippen molar-refractivity contribution in [1.29, 1.82) is 0 Å². The van der Waals surface area contributed by atoms with Gasteiger partial charge in [-0.15, -0.1) is 0 Å². The molecule has 2 heterocycles. The molecule has 0 radical (unpaired) electrons. The normalized spacial score (nSPS) is 19.8. The van der Waals surface area contributed by atoms with Crippen molar-refractivity contribution in [1.82, 2.24) is 9.80 Å². The molecule has 0 amide bonds. The summed E-state index contributed by atoms with van der Waals surface area (Å²) in [4.78, 5) is 15.9. The lowest BCUT2D eigenvalue weighted by Gasteiger charge is -2.42. The van der Waals surface area contributed by atoms with E-state index < -0.39 is 0 Å². The number of aliphatic imine (C=N–C) groups is 2. The van der Waals surface area contributed by atoms with E-state index in [0.29, 0.717) is 6.67 Å². The third-order valence-electron chi connectivity index (χ3n) is 5.11. The van der Waals surface area contributed by atoms with Gasteiger partial charge in [0.1, 0.15) is 12.5 Å². The quantitative estimate of drug-likeness (QED) is 0.786. The van der Waals surface area contributed by atoms with Gasteiger partial charge in [-0.25, -0.2) is 14.4 Å². The fourth-order valence-corrected chi connectivity index (χ4v) is 3.71. The zero-order valence-electron chi connectivity index (χ0n) is 15.8. The van der Waals surface area contributed by atoms with Crippen molar-refractivity contribution in [3.63, 3.8) is 0 Å². The van der Waals surface area contributed by atoms with E-state index >= 15 is 0 Å². The van der Waals surface area contributed by atoms with Crippen molar-refractivity contribution in [2.24, 2.45) is 9.98 Å².